The van der Waals surface area contributed by atoms with E-state index >= 15 is 0 Å². The Morgan fingerprint density at radius 1 is 1.03 bits per heavy atom. The van der Waals surface area contributed by atoms with E-state index in [1.165, 1.54) is 11.8 Å². The van der Waals surface area contributed by atoms with Gasteiger partial charge >= 0.3 is 0 Å². The molecular weight excluding hydrogens is 477 g/mol. The Morgan fingerprint density at radius 2 is 1.79 bits per heavy atom. The highest BCUT2D eigenvalue weighted by atomic mass is 35.5. The molecular formula is C24H19Cl2N5OS. The van der Waals surface area contributed by atoms with Crippen molar-refractivity contribution in [3.63, 3.8) is 0 Å². The van der Waals surface area contributed by atoms with Crippen LogP contribution >= 0.6 is 35.0 Å². The average molecular weight is 496 g/mol. The van der Waals surface area contributed by atoms with Gasteiger partial charge in [-0.05, 0) is 48.9 Å². The monoisotopic (exact) mass is 495 g/mol. The van der Waals surface area contributed by atoms with E-state index < -0.39 is 0 Å². The molecule has 0 aliphatic rings. The molecule has 0 bridgehead atoms. The number of hydrogen-bond donors (Lipinski definition) is 1. The Labute approximate surface area is 205 Å². The van der Waals surface area contributed by atoms with Crippen LogP contribution in [0, 0.1) is 6.92 Å². The molecule has 0 atom stereocenters. The lowest BCUT2D eigenvalue weighted by molar-refractivity contribution is -0.118. The zero-order valence-electron chi connectivity index (χ0n) is 17.6. The van der Waals surface area contributed by atoms with Crippen molar-refractivity contribution in [1.82, 2.24) is 20.2 Å². The highest BCUT2D eigenvalue weighted by Gasteiger charge is 2.17. The topological polar surface area (TPSA) is 72.2 Å². The summed E-state index contributed by atoms with van der Waals surface area (Å²) in [4.78, 5) is 12.3. The van der Waals surface area contributed by atoms with E-state index in [0.717, 1.165) is 22.4 Å². The van der Waals surface area contributed by atoms with Gasteiger partial charge in [0, 0.05) is 21.3 Å². The molecule has 166 valence electrons. The minimum atomic E-state index is -0.263. The van der Waals surface area contributed by atoms with Crippen molar-refractivity contribution in [2.75, 3.05) is 5.75 Å². The predicted octanol–water partition coefficient (Wildman–Crippen LogP) is 5.79. The molecule has 6 nitrogen and oxygen atoms in total. The van der Waals surface area contributed by atoms with Gasteiger partial charge in [0.1, 0.15) is 0 Å². The molecule has 0 aliphatic heterocycles. The van der Waals surface area contributed by atoms with Gasteiger partial charge in [-0.3, -0.25) is 9.36 Å². The van der Waals surface area contributed by atoms with E-state index in [1.807, 2.05) is 72.2 Å². The number of hydrogen-bond acceptors (Lipinski definition) is 5. The molecule has 0 fully saturated rings. The van der Waals surface area contributed by atoms with Crippen LogP contribution in [0.3, 0.4) is 0 Å². The maximum atomic E-state index is 12.3. The number of carbonyl (C=O) groups is 1. The van der Waals surface area contributed by atoms with Gasteiger partial charge < -0.3 is 0 Å². The van der Waals surface area contributed by atoms with E-state index in [0.29, 0.717) is 21.0 Å². The predicted molar refractivity (Wildman–Crippen MR) is 134 cm³/mol. The van der Waals surface area contributed by atoms with Gasteiger partial charge in [0.2, 0.25) is 0 Å². The summed E-state index contributed by atoms with van der Waals surface area (Å²) < 4.78 is 1.91. The van der Waals surface area contributed by atoms with Gasteiger partial charge in [0.25, 0.3) is 5.91 Å². The first-order valence-electron chi connectivity index (χ1n) is 9.98. The third kappa shape index (κ3) is 6.01. The van der Waals surface area contributed by atoms with Crippen LogP contribution in [-0.4, -0.2) is 32.6 Å². The van der Waals surface area contributed by atoms with Crippen LogP contribution < -0.4 is 5.43 Å². The van der Waals surface area contributed by atoms with Crippen molar-refractivity contribution in [2.24, 2.45) is 5.10 Å². The highest BCUT2D eigenvalue weighted by Crippen LogP contribution is 2.28. The number of hydrazone groups is 1. The van der Waals surface area contributed by atoms with Crippen molar-refractivity contribution >= 4 is 47.1 Å². The summed E-state index contributed by atoms with van der Waals surface area (Å²) in [6, 6.07) is 22.6. The molecule has 1 aromatic heterocycles. The van der Waals surface area contributed by atoms with E-state index in [9.17, 15) is 4.79 Å². The zero-order valence-corrected chi connectivity index (χ0v) is 19.9. The zero-order chi connectivity index (χ0) is 23.2. The number of thioether (sulfide) groups is 1. The van der Waals surface area contributed by atoms with Crippen LogP contribution in [0.1, 0.15) is 11.1 Å². The van der Waals surface area contributed by atoms with Gasteiger partial charge in [-0.15, -0.1) is 10.2 Å². The third-order valence-corrected chi connectivity index (χ3v) is 6.03. The molecule has 0 aliphatic carbocycles. The molecule has 1 heterocycles. The molecule has 9 heteroatoms. The number of carbonyl (C=O) groups excluding carboxylic acids is 1. The van der Waals surface area contributed by atoms with Gasteiger partial charge in [-0.1, -0.05) is 76.9 Å². The van der Waals surface area contributed by atoms with Crippen LogP contribution in [0.25, 0.3) is 17.1 Å². The molecule has 1 N–H and O–H groups in total. The first kappa shape index (κ1) is 23.0. The summed E-state index contributed by atoms with van der Waals surface area (Å²) in [6.45, 7) is 2.03. The van der Waals surface area contributed by atoms with Gasteiger partial charge in [0.15, 0.2) is 11.0 Å². The lowest BCUT2D eigenvalue weighted by Crippen LogP contribution is -2.20. The van der Waals surface area contributed by atoms with E-state index in [1.54, 1.807) is 18.3 Å². The minimum Gasteiger partial charge on any atom is -0.272 e. The van der Waals surface area contributed by atoms with E-state index in [-0.39, 0.29) is 11.7 Å². The van der Waals surface area contributed by atoms with E-state index in [2.05, 4.69) is 20.7 Å². The molecule has 0 unspecified atom stereocenters. The Morgan fingerprint density at radius 3 is 2.52 bits per heavy atom. The number of benzene rings is 3. The second-order valence-electron chi connectivity index (χ2n) is 7.12. The fourth-order valence-electron chi connectivity index (χ4n) is 3.00. The average Bonchev–Trinajstić information content (AvgIpc) is 3.23. The summed E-state index contributed by atoms with van der Waals surface area (Å²) in [5.74, 6) is 0.534. The molecule has 0 radical (unpaired) electrons. The number of amides is 1. The maximum Gasteiger partial charge on any atom is 0.250 e. The van der Waals surface area contributed by atoms with Crippen molar-refractivity contribution in [3.05, 3.63) is 94.0 Å². The molecule has 1 amide bonds. The second-order valence-corrected chi connectivity index (χ2v) is 8.94. The normalized spacial score (nSPS) is 11.1. The first-order valence-corrected chi connectivity index (χ1v) is 11.7. The summed E-state index contributed by atoms with van der Waals surface area (Å²) in [5, 5.41) is 14.5. The Kier molecular flexibility index (Phi) is 7.44. The summed E-state index contributed by atoms with van der Waals surface area (Å²) in [5.41, 5.74) is 6.24. The van der Waals surface area contributed by atoms with Crippen molar-refractivity contribution in [2.45, 2.75) is 12.1 Å². The maximum absolute atomic E-state index is 12.3. The summed E-state index contributed by atoms with van der Waals surface area (Å²) in [6.07, 6.45) is 1.54. The van der Waals surface area contributed by atoms with Crippen molar-refractivity contribution in [3.8, 4) is 17.1 Å². The minimum absolute atomic E-state index is 0.118. The van der Waals surface area contributed by atoms with Crippen molar-refractivity contribution in [1.29, 1.82) is 0 Å². The van der Waals surface area contributed by atoms with E-state index in [4.69, 9.17) is 23.2 Å². The summed E-state index contributed by atoms with van der Waals surface area (Å²) in [7, 11) is 0. The quantitative estimate of drug-likeness (QED) is 0.200. The summed E-state index contributed by atoms with van der Waals surface area (Å²) >= 11 is 13.3. The SMILES string of the molecule is Cc1ccc(-c2nnc(SCC(=O)N/N=C/c3cccc(Cl)c3)n2-c2ccc(Cl)cc2)cc1. The standard InChI is InChI=1S/C24H19Cl2N5OS/c1-16-5-7-18(8-6-16)23-29-30-24(31(23)21-11-9-19(25)10-12-21)33-15-22(32)28-27-14-17-3-2-4-20(26)13-17/h2-14H,15H2,1H3,(H,28,32)/b27-14+. The number of aryl methyl sites for hydroxylation is 1. The molecule has 0 spiro atoms. The smallest absolute Gasteiger partial charge is 0.250 e. The molecule has 0 saturated carbocycles. The van der Waals surface area contributed by atoms with Gasteiger partial charge in [0.05, 0.1) is 12.0 Å². The largest absolute Gasteiger partial charge is 0.272 e. The fourth-order valence-corrected chi connectivity index (χ4v) is 4.07. The van der Waals surface area contributed by atoms with Crippen LogP contribution in [0.2, 0.25) is 10.0 Å². The first-order chi connectivity index (χ1) is 16.0. The van der Waals surface area contributed by atoms with Crippen LogP contribution in [-0.2, 0) is 4.79 Å². The highest BCUT2D eigenvalue weighted by molar-refractivity contribution is 7.99. The lowest BCUT2D eigenvalue weighted by atomic mass is 10.1. The number of nitrogens with zero attached hydrogens (tertiary/aromatic N) is 4. The van der Waals surface area contributed by atoms with Gasteiger partial charge in [-0.2, -0.15) is 5.10 Å². The fraction of sp³-hybridized carbons (Fsp3) is 0.0833. The Hall–Kier alpha value is -3.13. The number of nitrogens with one attached hydrogen (secondary N) is 1. The van der Waals surface area contributed by atoms with Crippen LogP contribution in [0.5, 0.6) is 0 Å². The molecule has 4 rings (SSSR count). The number of aromatic nitrogens is 3. The van der Waals surface area contributed by atoms with Gasteiger partial charge in [-0.25, -0.2) is 5.43 Å². The molecule has 4 aromatic rings. The van der Waals surface area contributed by atoms with Crippen molar-refractivity contribution < 1.29 is 4.79 Å². The third-order valence-electron chi connectivity index (χ3n) is 4.61. The molecule has 3 aromatic carbocycles. The number of halogens is 2. The Bertz CT molecular complexity index is 1290. The van der Waals surface area contributed by atoms with Crippen LogP contribution in [0.4, 0.5) is 0 Å². The second kappa shape index (κ2) is 10.7. The van der Waals surface area contributed by atoms with Crippen LogP contribution in [0.15, 0.2) is 83.1 Å². The number of rotatable bonds is 7. The lowest BCUT2D eigenvalue weighted by Gasteiger charge is -2.10. The molecule has 0 saturated heterocycles. The Balaban J connectivity index is 1.51. The molecule has 33 heavy (non-hydrogen) atoms.